The van der Waals surface area contributed by atoms with E-state index in [4.69, 9.17) is 16.3 Å². The maximum absolute atomic E-state index is 6.26. The zero-order valence-electron chi connectivity index (χ0n) is 10.8. The summed E-state index contributed by atoms with van der Waals surface area (Å²) in [6.45, 7) is 1.85. The lowest BCUT2D eigenvalue weighted by Gasteiger charge is -2.07. The summed E-state index contributed by atoms with van der Waals surface area (Å²) in [6.07, 6.45) is 1.72. The van der Waals surface area contributed by atoms with Crippen LogP contribution in [0.2, 0.25) is 5.02 Å². The first-order chi connectivity index (χ1) is 9.67. The zero-order valence-corrected chi connectivity index (χ0v) is 12.4. The number of ether oxygens (including phenoxy) is 1. The van der Waals surface area contributed by atoms with Gasteiger partial charge >= 0.3 is 0 Å². The standard InChI is InChI=1S/C13H11ClN4OS/c1-7-16-12-9(6-15-18-12)13(17-7)20-11-4-3-8(19-2)5-10(11)14/h3-6H,1-2H3,(H,15,16,17,18). The van der Waals surface area contributed by atoms with Crippen molar-refractivity contribution in [2.75, 3.05) is 7.11 Å². The second-order valence-corrected chi connectivity index (χ2v) is 5.54. The van der Waals surface area contributed by atoms with Crippen LogP contribution in [0.3, 0.4) is 0 Å². The van der Waals surface area contributed by atoms with Crippen molar-refractivity contribution in [2.24, 2.45) is 0 Å². The average molecular weight is 307 g/mol. The van der Waals surface area contributed by atoms with Gasteiger partial charge < -0.3 is 4.74 Å². The van der Waals surface area contributed by atoms with Crippen LogP contribution in [0.1, 0.15) is 5.82 Å². The molecule has 0 bridgehead atoms. The smallest absolute Gasteiger partial charge is 0.160 e. The van der Waals surface area contributed by atoms with Gasteiger partial charge in [0.25, 0.3) is 0 Å². The first kappa shape index (κ1) is 13.2. The van der Waals surface area contributed by atoms with Gasteiger partial charge in [0.1, 0.15) is 16.6 Å². The molecule has 2 aromatic heterocycles. The van der Waals surface area contributed by atoms with Crippen molar-refractivity contribution in [2.45, 2.75) is 16.8 Å². The molecule has 0 aliphatic heterocycles. The normalized spacial score (nSPS) is 10.9. The molecule has 20 heavy (non-hydrogen) atoms. The number of hydrogen-bond acceptors (Lipinski definition) is 5. The average Bonchev–Trinajstić information content (AvgIpc) is 2.89. The highest BCUT2D eigenvalue weighted by Gasteiger charge is 2.11. The molecule has 5 nitrogen and oxygen atoms in total. The number of rotatable bonds is 3. The largest absolute Gasteiger partial charge is 0.497 e. The van der Waals surface area contributed by atoms with Crippen molar-refractivity contribution >= 4 is 34.4 Å². The Morgan fingerprint density at radius 2 is 2.15 bits per heavy atom. The number of fused-ring (bicyclic) bond motifs is 1. The molecular weight excluding hydrogens is 296 g/mol. The summed E-state index contributed by atoms with van der Waals surface area (Å²) in [7, 11) is 1.61. The third kappa shape index (κ3) is 2.44. The fourth-order valence-corrected chi connectivity index (χ4v) is 3.01. The molecule has 0 fully saturated rings. The van der Waals surface area contributed by atoms with Crippen LogP contribution in [-0.2, 0) is 0 Å². The van der Waals surface area contributed by atoms with Gasteiger partial charge in [0.05, 0.1) is 23.7 Å². The number of aryl methyl sites for hydroxylation is 1. The van der Waals surface area contributed by atoms with Crippen molar-refractivity contribution in [1.29, 1.82) is 0 Å². The number of nitrogens with zero attached hydrogens (tertiary/aromatic N) is 3. The third-order valence-corrected chi connectivity index (χ3v) is 4.24. The Balaban J connectivity index is 2.03. The quantitative estimate of drug-likeness (QED) is 0.751. The van der Waals surface area contributed by atoms with Crippen molar-refractivity contribution < 1.29 is 4.74 Å². The fourth-order valence-electron chi connectivity index (χ4n) is 1.79. The molecule has 102 valence electrons. The Kier molecular flexibility index (Phi) is 3.50. The second-order valence-electron chi connectivity index (χ2n) is 4.11. The number of H-pyrrole nitrogens is 1. The van der Waals surface area contributed by atoms with E-state index in [0.717, 1.165) is 26.7 Å². The van der Waals surface area contributed by atoms with Gasteiger partial charge in [-0.2, -0.15) is 5.10 Å². The van der Waals surface area contributed by atoms with E-state index < -0.39 is 0 Å². The third-order valence-electron chi connectivity index (χ3n) is 2.73. The number of benzene rings is 1. The second kappa shape index (κ2) is 5.30. The summed E-state index contributed by atoms with van der Waals surface area (Å²) >= 11 is 7.74. The van der Waals surface area contributed by atoms with Gasteiger partial charge in [0, 0.05) is 4.90 Å². The predicted molar refractivity (Wildman–Crippen MR) is 78.5 cm³/mol. The van der Waals surface area contributed by atoms with Crippen molar-refractivity contribution in [1.82, 2.24) is 20.2 Å². The Morgan fingerprint density at radius 1 is 1.30 bits per heavy atom. The number of aromatic nitrogens is 4. The van der Waals surface area contributed by atoms with E-state index >= 15 is 0 Å². The monoisotopic (exact) mass is 306 g/mol. The van der Waals surface area contributed by atoms with E-state index in [2.05, 4.69) is 20.2 Å². The number of methoxy groups -OCH3 is 1. The van der Waals surface area contributed by atoms with Gasteiger partial charge in [-0.3, -0.25) is 5.10 Å². The predicted octanol–water partition coefficient (Wildman–Crippen LogP) is 3.47. The molecule has 3 rings (SSSR count). The van der Waals surface area contributed by atoms with Gasteiger partial charge in [-0.1, -0.05) is 23.4 Å². The molecule has 7 heteroatoms. The van der Waals surface area contributed by atoms with E-state index in [9.17, 15) is 0 Å². The minimum absolute atomic E-state index is 0.627. The summed E-state index contributed by atoms with van der Waals surface area (Å²) in [6, 6.07) is 5.56. The summed E-state index contributed by atoms with van der Waals surface area (Å²) in [4.78, 5) is 9.66. The highest BCUT2D eigenvalue weighted by atomic mass is 35.5. The molecule has 0 unspecified atom stereocenters. The van der Waals surface area contributed by atoms with Crippen molar-refractivity contribution in [3.63, 3.8) is 0 Å². The number of nitrogens with one attached hydrogen (secondary N) is 1. The van der Waals surface area contributed by atoms with Crippen LogP contribution in [0.25, 0.3) is 11.0 Å². The number of halogens is 1. The molecule has 0 saturated carbocycles. The lowest BCUT2D eigenvalue weighted by atomic mass is 10.3. The van der Waals surface area contributed by atoms with E-state index in [1.54, 1.807) is 19.4 Å². The molecular formula is C13H11ClN4OS. The molecule has 1 N–H and O–H groups in total. The highest BCUT2D eigenvalue weighted by Crippen LogP contribution is 2.36. The number of aromatic amines is 1. The van der Waals surface area contributed by atoms with Crippen molar-refractivity contribution in [3.05, 3.63) is 35.2 Å². The van der Waals surface area contributed by atoms with E-state index in [-0.39, 0.29) is 0 Å². The summed E-state index contributed by atoms with van der Waals surface area (Å²) < 4.78 is 5.14. The van der Waals surface area contributed by atoms with Crippen LogP contribution in [0.5, 0.6) is 5.75 Å². The molecule has 0 amide bonds. The highest BCUT2D eigenvalue weighted by molar-refractivity contribution is 7.99. The lowest BCUT2D eigenvalue weighted by molar-refractivity contribution is 0.414. The molecule has 1 aromatic carbocycles. The Bertz CT molecular complexity index is 774. The minimum atomic E-state index is 0.627. The molecule has 2 heterocycles. The first-order valence-corrected chi connectivity index (χ1v) is 7.06. The molecule has 0 spiro atoms. The number of hydrogen-bond donors (Lipinski definition) is 1. The molecule has 0 radical (unpaired) electrons. The van der Waals surface area contributed by atoms with Gasteiger partial charge in [-0.15, -0.1) is 0 Å². The van der Waals surface area contributed by atoms with Gasteiger partial charge in [-0.05, 0) is 25.1 Å². The lowest BCUT2D eigenvalue weighted by Crippen LogP contribution is -1.91. The minimum Gasteiger partial charge on any atom is -0.497 e. The Hall–Kier alpha value is -1.79. The first-order valence-electron chi connectivity index (χ1n) is 5.86. The van der Waals surface area contributed by atoms with Crippen LogP contribution in [0, 0.1) is 6.92 Å². The molecule has 0 aliphatic rings. The summed E-state index contributed by atoms with van der Waals surface area (Å²) in [5.74, 6) is 1.42. The topological polar surface area (TPSA) is 63.7 Å². The Morgan fingerprint density at radius 3 is 2.90 bits per heavy atom. The van der Waals surface area contributed by atoms with Crippen LogP contribution >= 0.6 is 23.4 Å². The summed E-state index contributed by atoms with van der Waals surface area (Å²) in [5, 5.41) is 9.19. The molecule has 0 saturated heterocycles. The Labute approximate surface area is 124 Å². The van der Waals surface area contributed by atoms with E-state index in [0.29, 0.717) is 10.8 Å². The summed E-state index contributed by atoms with van der Waals surface area (Å²) in [5.41, 5.74) is 0.727. The van der Waals surface area contributed by atoms with Gasteiger partial charge in [0.15, 0.2) is 5.65 Å². The van der Waals surface area contributed by atoms with Crippen LogP contribution < -0.4 is 4.74 Å². The van der Waals surface area contributed by atoms with Crippen LogP contribution in [0.15, 0.2) is 34.3 Å². The fraction of sp³-hybridized carbons (Fsp3) is 0.154. The zero-order chi connectivity index (χ0) is 14.1. The van der Waals surface area contributed by atoms with Crippen LogP contribution in [-0.4, -0.2) is 27.3 Å². The SMILES string of the molecule is COc1ccc(Sc2nc(C)nc3[nH]ncc23)c(Cl)c1. The molecule has 3 aromatic rings. The maximum atomic E-state index is 6.26. The van der Waals surface area contributed by atoms with E-state index in [1.807, 2.05) is 19.1 Å². The van der Waals surface area contributed by atoms with Gasteiger partial charge in [0.2, 0.25) is 0 Å². The maximum Gasteiger partial charge on any atom is 0.160 e. The van der Waals surface area contributed by atoms with Crippen LogP contribution in [0.4, 0.5) is 0 Å². The molecule has 0 aliphatic carbocycles. The van der Waals surface area contributed by atoms with E-state index in [1.165, 1.54) is 11.8 Å². The van der Waals surface area contributed by atoms with Gasteiger partial charge in [-0.25, -0.2) is 9.97 Å². The van der Waals surface area contributed by atoms with Crippen molar-refractivity contribution in [3.8, 4) is 5.75 Å². The molecule has 0 atom stereocenters.